The molecule has 2 rings (SSSR count). The zero-order valence-electron chi connectivity index (χ0n) is 11.6. The maximum absolute atomic E-state index is 11.9. The summed E-state index contributed by atoms with van der Waals surface area (Å²) in [4.78, 5) is 26.0. The molecule has 1 unspecified atom stereocenters. The molecule has 0 aliphatic carbocycles. The number of carbonyl (C=O) groups excluding carboxylic acids is 1. The van der Waals surface area contributed by atoms with Gasteiger partial charge in [0.25, 0.3) is 5.69 Å². The van der Waals surface area contributed by atoms with E-state index in [1.807, 2.05) is 6.92 Å². The van der Waals surface area contributed by atoms with Gasteiger partial charge in [-0.3, -0.25) is 15.1 Å². The third-order valence-electron chi connectivity index (χ3n) is 2.95. The second kappa shape index (κ2) is 6.86. The minimum absolute atomic E-state index is 0.0149. The number of anilines is 1. The summed E-state index contributed by atoms with van der Waals surface area (Å²) in [6, 6.07) is 6.94. The second-order valence-electron chi connectivity index (χ2n) is 4.52. The summed E-state index contributed by atoms with van der Waals surface area (Å²) in [5, 5.41) is 16.1. The minimum atomic E-state index is -0.606. The quantitative estimate of drug-likeness (QED) is 0.665. The first kappa shape index (κ1) is 15.7. The van der Waals surface area contributed by atoms with Crippen LogP contribution in [0.3, 0.4) is 0 Å². The molecule has 0 aliphatic rings. The van der Waals surface area contributed by atoms with Crippen LogP contribution < -0.4 is 10.6 Å². The maximum Gasteiger partial charge on any atom is 0.319 e. The Kier molecular flexibility index (Phi) is 4.90. The molecule has 7 nitrogen and oxygen atoms in total. The summed E-state index contributed by atoms with van der Waals surface area (Å²) in [6.07, 6.45) is 3.27. The monoisotopic (exact) mass is 320 g/mol. The van der Waals surface area contributed by atoms with Crippen molar-refractivity contribution in [3.63, 3.8) is 0 Å². The number of hydrogen-bond donors (Lipinski definition) is 2. The van der Waals surface area contributed by atoms with Gasteiger partial charge in [0.15, 0.2) is 0 Å². The Bertz CT molecular complexity index is 694. The number of rotatable bonds is 4. The molecule has 0 radical (unpaired) electrons. The minimum Gasteiger partial charge on any atom is -0.331 e. The van der Waals surface area contributed by atoms with Crippen LogP contribution in [-0.4, -0.2) is 15.9 Å². The molecular formula is C14H13ClN4O3. The Morgan fingerprint density at radius 3 is 2.64 bits per heavy atom. The third kappa shape index (κ3) is 3.92. The van der Waals surface area contributed by atoms with Gasteiger partial charge in [0.05, 0.1) is 11.0 Å². The lowest BCUT2D eigenvalue weighted by atomic mass is 10.1. The fraction of sp³-hybridized carbons (Fsp3) is 0.143. The van der Waals surface area contributed by atoms with Crippen LogP contribution in [-0.2, 0) is 0 Å². The molecule has 0 aliphatic heterocycles. The zero-order chi connectivity index (χ0) is 16.1. The van der Waals surface area contributed by atoms with Crippen LogP contribution in [0.5, 0.6) is 0 Å². The van der Waals surface area contributed by atoms with E-state index in [-0.39, 0.29) is 22.4 Å². The lowest BCUT2D eigenvalue weighted by Gasteiger charge is -2.14. The lowest BCUT2D eigenvalue weighted by molar-refractivity contribution is -0.384. The van der Waals surface area contributed by atoms with Gasteiger partial charge >= 0.3 is 6.03 Å². The first-order chi connectivity index (χ1) is 10.5. The predicted molar refractivity (Wildman–Crippen MR) is 82.9 cm³/mol. The molecule has 1 atom stereocenters. The molecule has 0 fully saturated rings. The van der Waals surface area contributed by atoms with E-state index in [9.17, 15) is 14.9 Å². The van der Waals surface area contributed by atoms with Gasteiger partial charge in [0.1, 0.15) is 5.02 Å². The largest absolute Gasteiger partial charge is 0.331 e. The Labute approximate surface area is 131 Å². The van der Waals surface area contributed by atoms with E-state index in [1.54, 1.807) is 24.5 Å². The number of aromatic nitrogens is 1. The van der Waals surface area contributed by atoms with E-state index in [0.717, 1.165) is 5.56 Å². The summed E-state index contributed by atoms with van der Waals surface area (Å²) in [5.41, 5.74) is 0.921. The molecule has 2 N–H and O–H groups in total. The van der Waals surface area contributed by atoms with Crippen molar-refractivity contribution in [3.05, 3.63) is 63.4 Å². The fourth-order valence-electron chi connectivity index (χ4n) is 1.83. The molecule has 0 saturated heterocycles. The number of nitrogens with one attached hydrogen (secondary N) is 2. The normalized spacial score (nSPS) is 11.5. The van der Waals surface area contributed by atoms with E-state index in [2.05, 4.69) is 15.6 Å². The van der Waals surface area contributed by atoms with Gasteiger partial charge in [0, 0.05) is 24.1 Å². The predicted octanol–water partition coefficient (Wildman–Crippen LogP) is 3.53. The van der Waals surface area contributed by atoms with Crippen molar-refractivity contribution < 1.29 is 9.72 Å². The molecule has 1 aromatic carbocycles. The van der Waals surface area contributed by atoms with Crippen LogP contribution in [0.2, 0.25) is 5.02 Å². The fourth-order valence-corrected chi connectivity index (χ4v) is 2.02. The SMILES string of the molecule is CC(NC(=O)Nc1ccc(Cl)c([N+](=O)[O-])c1)c1ccncc1. The van der Waals surface area contributed by atoms with Gasteiger partial charge in [-0.25, -0.2) is 4.79 Å². The molecule has 22 heavy (non-hydrogen) atoms. The standard InChI is InChI=1S/C14H13ClN4O3/c1-9(10-4-6-16-7-5-10)17-14(20)18-11-2-3-12(15)13(8-11)19(21)22/h2-9H,1H3,(H2,17,18,20). The summed E-state index contributed by atoms with van der Waals surface area (Å²) in [6.45, 7) is 1.82. The van der Waals surface area contributed by atoms with Crippen LogP contribution in [0.15, 0.2) is 42.7 Å². The molecule has 2 aromatic rings. The maximum atomic E-state index is 11.9. The summed E-state index contributed by atoms with van der Waals surface area (Å²) in [5.74, 6) is 0. The van der Waals surface area contributed by atoms with Crippen LogP contribution in [0.1, 0.15) is 18.5 Å². The van der Waals surface area contributed by atoms with Crippen LogP contribution in [0.25, 0.3) is 0 Å². The molecule has 0 saturated carbocycles. The van der Waals surface area contributed by atoms with Gasteiger partial charge in [-0.15, -0.1) is 0 Å². The molecule has 1 aromatic heterocycles. The van der Waals surface area contributed by atoms with Gasteiger partial charge in [-0.1, -0.05) is 11.6 Å². The van der Waals surface area contributed by atoms with E-state index >= 15 is 0 Å². The van der Waals surface area contributed by atoms with E-state index in [4.69, 9.17) is 11.6 Å². The molecule has 0 spiro atoms. The summed E-state index contributed by atoms with van der Waals surface area (Å²) >= 11 is 5.72. The van der Waals surface area contributed by atoms with Gasteiger partial charge in [-0.2, -0.15) is 0 Å². The highest BCUT2D eigenvalue weighted by Gasteiger charge is 2.15. The van der Waals surface area contributed by atoms with Crippen LogP contribution in [0, 0.1) is 10.1 Å². The number of halogens is 1. The van der Waals surface area contributed by atoms with E-state index in [1.165, 1.54) is 18.2 Å². The van der Waals surface area contributed by atoms with E-state index in [0.29, 0.717) is 0 Å². The highest BCUT2D eigenvalue weighted by Crippen LogP contribution is 2.27. The van der Waals surface area contributed by atoms with Crippen molar-refractivity contribution in [3.8, 4) is 0 Å². The Hall–Kier alpha value is -2.67. The summed E-state index contributed by atoms with van der Waals surface area (Å²) < 4.78 is 0. The third-order valence-corrected chi connectivity index (χ3v) is 3.27. The second-order valence-corrected chi connectivity index (χ2v) is 4.93. The van der Waals surface area contributed by atoms with Crippen LogP contribution >= 0.6 is 11.6 Å². The Balaban J connectivity index is 2.03. The molecule has 0 bridgehead atoms. The van der Waals surface area contributed by atoms with Crippen molar-refractivity contribution in [1.82, 2.24) is 10.3 Å². The molecule has 2 amide bonds. The van der Waals surface area contributed by atoms with Gasteiger partial charge < -0.3 is 10.6 Å². The number of nitrogens with zero attached hydrogens (tertiary/aromatic N) is 2. The van der Waals surface area contributed by atoms with Crippen molar-refractivity contribution in [2.75, 3.05) is 5.32 Å². The average Bonchev–Trinajstić information content (AvgIpc) is 2.49. The number of pyridine rings is 1. The molecule has 114 valence electrons. The summed E-state index contributed by atoms with van der Waals surface area (Å²) in [7, 11) is 0. The van der Waals surface area contributed by atoms with Gasteiger partial charge in [-0.05, 0) is 36.8 Å². The molecular weight excluding hydrogens is 308 g/mol. The average molecular weight is 321 g/mol. The van der Waals surface area contributed by atoms with E-state index < -0.39 is 11.0 Å². The number of benzene rings is 1. The number of nitro groups is 1. The molecule has 1 heterocycles. The van der Waals surface area contributed by atoms with Crippen molar-refractivity contribution in [2.24, 2.45) is 0 Å². The van der Waals surface area contributed by atoms with Crippen LogP contribution in [0.4, 0.5) is 16.2 Å². The first-order valence-corrected chi connectivity index (χ1v) is 6.76. The Morgan fingerprint density at radius 2 is 2.00 bits per heavy atom. The number of amides is 2. The first-order valence-electron chi connectivity index (χ1n) is 6.39. The van der Waals surface area contributed by atoms with Gasteiger partial charge in [0.2, 0.25) is 0 Å². The highest BCUT2D eigenvalue weighted by molar-refractivity contribution is 6.32. The lowest BCUT2D eigenvalue weighted by Crippen LogP contribution is -2.31. The topological polar surface area (TPSA) is 97.2 Å². The highest BCUT2D eigenvalue weighted by atomic mass is 35.5. The number of carbonyl (C=O) groups is 1. The van der Waals surface area contributed by atoms with Crippen molar-refractivity contribution in [1.29, 1.82) is 0 Å². The van der Waals surface area contributed by atoms with Crippen molar-refractivity contribution in [2.45, 2.75) is 13.0 Å². The smallest absolute Gasteiger partial charge is 0.319 e. The zero-order valence-corrected chi connectivity index (χ0v) is 12.4. The number of hydrogen-bond acceptors (Lipinski definition) is 4. The number of urea groups is 1. The molecule has 8 heteroatoms. The number of nitro benzene ring substituents is 1. The van der Waals surface area contributed by atoms with Crippen molar-refractivity contribution >= 4 is 29.0 Å². The Morgan fingerprint density at radius 1 is 1.32 bits per heavy atom.